The number of carbonyl (C=O) groups excluding carboxylic acids is 2. The number of amides is 2. The number of aryl methyl sites for hydroxylation is 1. The van der Waals surface area contributed by atoms with Crippen molar-refractivity contribution >= 4 is 11.8 Å². The highest BCUT2D eigenvalue weighted by atomic mass is 16.5. The highest BCUT2D eigenvalue weighted by molar-refractivity contribution is 5.94. The molecule has 1 heterocycles. The number of carbonyl (C=O) groups is 2. The number of furan rings is 1. The minimum Gasteiger partial charge on any atom is -0.484 e. The van der Waals surface area contributed by atoms with E-state index in [1.807, 2.05) is 19.1 Å². The lowest BCUT2D eigenvalue weighted by Gasteiger charge is -2.13. The van der Waals surface area contributed by atoms with Gasteiger partial charge in [0.25, 0.3) is 11.8 Å². The summed E-state index contributed by atoms with van der Waals surface area (Å²) in [5.74, 6) is 0.698. The summed E-state index contributed by atoms with van der Waals surface area (Å²) >= 11 is 0. The van der Waals surface area contributed by atoms with Gasteiger partial charge in [-0.1, -0.05) is 0 Å². The second kappa shape index (κ2) is 8.03. The standard InChI is InChI=1S/C17H20N2O4/c1-12(4-7-14-3-2-10-22-14)19-17(21)13-5-8-15(9-6-13)23-11-16(18)20/h2-3,5-6,8-10,12H,4,7,11H2,1H3,(H2,18,20)(H,19,21)/t12-/m1/s1. The summed E-state index contributed by atoms with van der Waals surface area (Å²) in [7, 11) is 0. The number of nitrogens with one attached hydrogen (secondary N) is 1. The average Bonchev–Trinajstić information content (AvgIpc) is 3.05. The summed E-state index contributed by atoms with van der Waals surface area (Å²) in [5, 5.41) is 2.93. The van der Waals surface area contributed by atoms with Gasteiger partial charge in [-0.05, 0) is 49.7 Å². The van der Waals surface area contributed by atoms with Crippen LogP contribution in [0.2, 0.25) is 0 Å². The van der Waals surface area contributed by atoms with Crippen LogP contribution in [0.3, 0.4) is 0 Å². The summed E-state index contributed by atoms with van der Waals surface area (Å²) in [4.78, 5) is 22.8. The van der Waals surface area contributed by atoms with Crippen LogP contribution in [0.5, 0.6) is 5.75 Å². The van der Waals surface area contributed by atoms with Crippen LogP contribution in [0.25, 0.3) is 0 Å². The third kappa shape index (κ3) is 5.50. The topological polar surface area (TPSA) is 94.6 Å². The molecule has 0 saturated carbocycles. The fourth-order valence-corrected chi connectivity index (χ4v) is 2.05. The Balaban J connectivity index is 1.81. The van der Waals surface area contributed by atoms with Crippen molar-refractivity contribution in [3.8, 4) is 5.75 Å². The molecular weight excluding hydrogens is 296 g/mol. The van der Waals surface area contributed by atoms with Crippen LogP contribution in [0, 0.1) is 0 Å². The minimum atomic E-state index is -0.544. The first-order valence-corrected chi connectivity index (χ1v) is 7.39. The van der Waals surface area contributed by atoms with Crippen LogP contribution in [-0.2, 0) is 11.2 Å². The van der Waals surface area contributed by atoms with E-state index in [2.05, 4.69) is 5.32 Å². The third-order valence-corrected chi connectivity index (χ3v) is 3.28. The van der Waals surface area contributed by atoms with Crippen LogP contribution in [0.1, 0.15) is 29.5 Å². The summed E-state index contributed by atoms with van der Waals surface area (Å²) in [6.07, 6.45) is 3.20. The van der Waals surface area contributed by atoms with Gasteiger partial charge in [0.15, 0.2) is 6.61 Å². The molecule has 23 heavy (non-hydrogen) atoms. The Morgan fingerprint density at radius 1 is 1.26 bits per heavy atom. The lowest BCUT2D eigenvalue weighted by atomic mass is 10.1. The zero-order valence-corrected chi connectivity index (χ0v) is 13.0. The van der Waals surface area contributed by atoms with E-state index in [-0.39, 0.29) is 18.6 Å². The minimum absolute atomic E-state index is 0.0263. The van der Waals surface area contributed by atoms with Crippen LogP contribution < -0.4 is 15.8 Å². The Hall–Kier alpha value is -2.76. The van der Waals surface area contributed by atoms with Crippen LogP contribution in [0.4, 0.5) is 0 Å². The largest absolute Gasteiger partial charge is 0.484 e. The van der Waals surface area contributed by atoms with E-state index in [4.69, 9.17) is 14.9 Å². The molecule has 0 unspecified atom stereocenters. The summed E-state index contributed by atoms with van der Waals surface area (Å²) in [6, 6.07) is 10.3. The lowest BCUT2D eigenvalue weighted by Crippen LogP contribution is -2.32. The molecule has 1 aromatic carbocycles. The quantitative estimate of drug-likeness (QED) is 0.777. The maximum absolute atomic E-state index is 12.1. The van der Waals surface area contributed by atoms with E-state index in [0.29, 0.717) is 11.3 Å². The first-order chi connectivity index (χ1) is 11.0. The molecule has 1 atom stereocenters. The summed E-state index contributed by atoms with van der Waals surface area (Å²) in [5.41, 5.74) is 5.53. The fraction of sp³-hybridized carbons (Fsp3) is 0.294. The molecule has 0 aliphatic carbocycles. The predicted molar refractivity (Wildman–Crippen MR) is 85.1 cm³/mol. The molecule has 2 amide bonds. The molecule has 3 N–H and O–H groups in total. The SMILES string of the molecule is C[C@H](CCc1ccco1)NC(=O)c1ccc(OCC(N)=O)cc1. The number of nitrogens with two attached hydrogens (primary N) is 1. The average molecular weight is 316 g/mol. The van der Waals surface area contributed by atoms with Crippen LogP contribution >= 0.6 is 0 Å². The van der Waals surface area contributed by atoms with Crippen molar-refractivity contribution in [2.24, 2.45) is 5.73 Å². The van der Waals surface area contributed by atoms with Crippen LogP contribution in [-0.4, -0.2) is 24.5 Å². The second-order valence-corrected chi connectivity index (χ2v) is 5.27. The van der Waals surface area contributed by atoms with Crippen molar-refractivity contribution in [3.63, 3.8) is 0 Å². The van der Waals surface area contributed by atoms with E-state index in [1.54, 1.807) is 30.5 Å². The van der Waals surface area contributed by atoms with Gasteiger partial charge < -0.3 is 20.2 Å². The Bertz CT molecular complexity index is 635. The number of ether oxygens (including phenoxy) is 1. The second-order valence-electron chi connectivity index (χ2n) is 5.27. The molecule has 2 rings (SSSR count). The Labute approximate surface area is 134 Å². The van der Waals surface area contributed by atoms with Crippen molar-refractivity contribution < 1.29 is 18.7 Å². The zero-order valence-electron chi connectivity index (χ0n) is 13.0. The molecule has 0 radical (unpaired) electrons. The van der Waals surface area contributed by atoms with Gasteiger partial charge >= 0.3 is 0 Å². The molecule has 122 valence electrons. The van der Waals surface area contributed by atoms with Gasteiger partial charge in [-0.15, -0.1) is 0 Å². The fourth-order valence-electron chi connectivity index (χ4n) is 2.05. The number of hydrogen-bond acceptors (Lipinski definition) is 4. The molecule has 2 aromatic rings. The normalized spacial score (nSPS) is 11.7. The van der Waals surface area contributed by atoms with Crippen molar-refractivity contribution in [1.82, 2.24) is 5.32 Å². The first-order valence-electron chi connectivity index (χ1n) is 7.39. The molecular formula is C17H20N2O4. The maximum atomic E-state index is 12.1. The smallest absolute Gasteiger partial charge is 0.255 e. The van der Waals surface area contributed by atoms with E-state index < -0.39 is 5.91 Å². The maximum Gasteiger partial charge on any atom is 0.255 e. The molecule has 0 bridgehead atoms. The van der Waals surface area contributed by atoms with E-state index in [0.717, 1.165) is 18.6 Å². The predicted octanol–water partition coefficient (Wildman–Crippen LogP) is 1.89. The first kappa shape index (κ1) is 16.6. The molecule has 6 heteroatoms. The third-order valence-electron chi connectivity index (χ3n) is 3.28. The van der Waals surface area contributed by atoms with E-state index >= 15 is 0 Å². The molecule has 1 aromatic heterocycles. The van der Waals surface area contributed by atoms with Gasteiger partial charge in [0, 0.05) is 18.0 Å². The van der Waals surface area contributed by atoms with E-state index in [1.165, 1.54) is 0 Å². The van der Waals surface area contributed by atoms with E-state index in [9.17, 15) is 9.59 Å². The highest BCUT2D eigenvalue weighted by Crippen LogP contribution is 2.12. The molecule has 0 fully saturated rings. The van der Waals surface area contributed by atoms with Crippen LogP contribution in [0.15, 0.2) is 47.1 Å². The highest BCUT2D eigenvalue weighted by Gasteiger charge is 2.10. The van der Waals surface area contributed by atoms with Gasteiger partial charge in [-0.25, -0.2) is 0 Å². The molecule has 0 saturated heterocycles. The van der Waals surface area contributed by atoms with Crippen molar-refractivity contribution in [3.05, 3.63) is 54.0 Å². The Morgan fingerprint density at radius 2 is 2.00 bits per heavy atom. The molecule has 6 nitrogen and oxygen atoms in total. The van der Waals surface area contributed by atoms with Crippen molar-refractivity contribution in [1.29, 1.82) is 0 Å². The summed E-state index contributed by atoms with van der Waals surface area (Å²) in [6.45, 7) is 1.76. The number of hydrogen-bond donors (Lipinski definition) is 2. The monoisotopic (exact) mass is 316 g/mol. The Morgan fingerprint density at radius 3 is 2.61 bits per heavy atom. The van der Waals surface area contributed by atoms with Gasteiger partial charge in [0.1, 0.15) is 11.5 Å². The van der Waals surface area contributed by atoms with Gasteiger partial charge in [-0.3, -0.25) is 9.59 Å². The van der Waals surface area contributed by atoms with Gasteiger partial charge in [0.05, 0.1) is 6.26 Å². The molecule has 0 spiro atoms. The van der Waals surface area contributed by atoms with Gasteiger partial charge in [-0.2, -0.15) is 0 Å². The number of benzene rings is 1. The van der Waals surface area contributed by atoms with Crippen molar-refractivity contribution in [2.75, 3.05) is 6.61 Å². The lowest BCUT2D eigenvalue weighted by molar-refractivity contribution is -0.119. The zero-order chi connectivity index (χ0) is 16.7. The molecule has 0 aliphatic rings. The molecule has 0 aliphatic heterocycles. The number of primary amides is 1. The number of rotatable bonds is 8. The van der Waals surface area contributed by atoms with Crippen molar-refractivity contribution in [2.45, 2.75) is 25.8 Å². The Kier molecular flexibility index (Phi) is 5.80. The summed E-state index contributed by atoms with van der Waals surface area (Å²) < 4.78 is 10.4. The van der Waals surface area contributed by atoms with Gasteiger partial charge in [0.2, 0.25) is 0 Å².